The SMILES string of the molecule is Cc1c(I)cccc1NCC1CCOC1. The first-order chi connectivity index (χ1) is 7.27. The summed E-state index contributed by atoms with van der Waals surface area (Å²) in [5, 5.41) is 3.51. The normalized spacial score (nSPS) is 20.5. The zero-order valence-corrected chi connectivity index (χ0v) is 11.1. The van der Waals surface area contributed by atoms with E-state index in [0.29, 0.717) is 5.92 Å². The second-order valence-corrected chi connectivity index (χ2v) is 5.19. The first-order valence-electron chi connectivity index (χ1n) is 5.34. The van der Waals surface area contributed by atoms with Crippen molar-refractivity contribution in [2.24, 2.45) is 5.92 Å². The van der Waals surface area contributed by atoms with E-state index in [1.165, 1.54) is 21.2 Å². The molecule has 0 spiro atoms. The molecule has 1 aliphatic heterocycles. The molecule has 82 valence electrons. The Bertz CT molecular complexity index is 334. The van der Waals surface area contributed by atoms with Crippen molar-refractivity contribution in [3.05, 3.63) is 27.3 Å². The minimum absolute atomic E-state index is 0.683. The Kier molecular flexibility index (Phi) is 3.86. The molecule has 2 rings (SSSR count). The molecular formula is C12H16INO. The maximum atomic E-state index is 5.36. The van der Waals surface area contributed by atoms with Crippen LogP contribution in [0.1, 0.15) is 12.0 Å². The van der Waals surface area contributed by atoms with Crippen LogP contribution in [0.2, 0.25) is 0 Å². The van der Waals surface area contributed by atoms with Gasteiger partial charge >= 0.3 is 0 Å². The Morgan fingerprint density at radius 3 is 3.13 bits per heavy atom. The third-order valence-electron chi connectivity index (χ3n) is 2.87. The summed E-state index contributed by atoms with van der Waals surface area (Å²) >= 11 is 2.37. The lowest BCUT2D eigenvalue weighted by Crippen LogP contribution is -2.14. The molecular weight excluding hydrogens is 301 g/mol. The molecule has 0 aromatic heterocycles. The fraction of sp³-hybridized carbons (Fsp3) is 0.500. The number of halogens is 1. The highest BCUT2D eigenvalue weighted by molar-refractivity contribution is 14.1. The van der Waals surface area contributed by atoms with Crippen molar-refractivity contribution in [1.29, 1.82) is 0 Å². The Labute approximate surface area is 105 Å². The van der Waals surface area contributed by atoms with Gasteiger partial charge in [0.2, 0.25) is 0 Å². The molecule has 0 aliphatic carbocycles. The molecule has 1 aromatic carbocycles. The molecule has 1 heterocycles. The van der Waals surface area contributed by atoms with Gasteiger partial charge in [-0.3, -0.25) is 0 Å². The molecule has 1 atom stereocenters. The predicted molar refractivity (Wildman–Crippen MR) is 71.3 cm³/mol. The van der Waals surface area contributed by atoms with E-state index >= 15 is 0 Å². The summed E-state index contributed by atoms with van der Waals surface area (Å²) in [6.07, 6.45) is 1.19. The molecule has 0 radical (unpaired) electrons. The summed E-state index contributed by atoms with van der Waals surface area (Å²) in [5.41, 5.74) is 2.60. The summed E-state index contributed by atoms with van der Waals surface area (Å²) in [5.74, 6) is 0.683. The van der Waals surface area contributed by atoms with Gasteiger partial charge in [-0.25, -0.2) is 0 Å². The van der Waals surface area contributed by atoms with Gasteiger partial charge in [0.25, 0.3) is 0 Å². The van der Waals surface area contributed by atoms with Crippen LogP contribution in [0.5, 0.6) is 0 Å². The van der Waals surface area contributed by atoms with Crippen molar-refractivity contribution >= 4 is 28.3 Å². The molecule has 1 unspecified atom stereocenters. The van der Waals surface area contributed by atoms with Crippen LogP contribution in [0.25, 0.3) is 0 Å². The highest BCUT2D eigenvalue weighted by Crippen LogP contribution is 2.21. The van der Waals surface area contributed by atoms with Gasteiger partial charge in [-0.1, -0.05) is 6.07 Å². The van der Waals surface area contributed by atoms with Crippen LogP contribution in [-0.2, 0) is 4.74 Å². The number of anilines is 1. The van der Waals surface area contributed by atoms with Gasteiger partial charge in [0.1, 0.15) is 0 Å². The average Bonchev–Trinajstić information content (AvgIpc) is 2.73. The fourth-order valence-electron chi connectivity index (χ4n) is 1.80. The Morgan fingerprint density at radius 2 is 2.40 bits per heavy atom. The fourth-order valence-corrected chi connectivity index (χ4v) is 2.30. The summed E-state index contributed by atoms with van der Waals surface area (Å²) in [6, 6.07) is 6.38. The molecule has 15 heavy (non-hydrogen) atoms. The summed E-state index contributed by atoms with van der Waals surface area (Å²) < 4.78 is 6.68. The van der Waals surface area contributed by atoms with Crippen LogP contribution in [0.4, 0.5) is 5.69 Å². The smallest absolute Gasteiger partial charge is 0.0511 e. The third-order valence-corrected chi connectivity index (χ3v) is 4.04. The van der Waals surface area contributed by atoms with Crippen LogP contribution >= 0.6 is 22.6 Å². The molecule has 1 N–H and O–H groups in total. The lowest BCUT2D eigenvalue weighted by Gasteiger charge is -2.13. The van der Waals surface area contributed by atoms with Gasteiger partial charge in [0.05, 0.1) is 6.61 Å². The van der Waals surface area contributed by atoms with Gasteiger partial charge in [-0.05, 0) is 53.6 Å². The minimum Gasteiger partial charge on any atom is -0.384 e. The molecule has 0 saturated carbocycles. The van der Waals surface area contributed by atoms with E-state index in [4.69, 9.17) is 4.74 Å². The van der Waals surface area contributed by atoms with Gasteiger partial charge < -0.3 is 10.1 Å². The number of benzene rings is 1. The predicted octanol–water partition coefficient (Wildman–Crippen LogP) is 3.05. The standard InChI is InChI=1S/C12H16INO/c1-9-11(13)3-2-4-12(9)14-7-10-5-6-15-8-10/h2-4,10,14H,5-8H2,1H3. The average molecular weight is 317 g/mol. The highest BCUT2D eigenvalue weighted by Gasteiger charge is 2.15. The Morgan fingerprint density at radius 1 is 1.53 bits per heavy atom. The van der Waals surface area contributed by atoms with Gasteiger partial charge in [0.15, 0.2) is 0 Å². The van der Waals surface area contributed by atoms with Crippen molar-refractivity contribution in [2.75, 3.05) is 25.1 Å². The van der Waals surface area contributed by atoms with Crippen molar-refractivity contribution in [2.45, 2.75) is 13.3 Å². The van der Waals surface area contributed by atoms with E-state index in [9.17, 15) is 0 Å². The Hall–Kier alpha value is -0.290. The largest absolute Gasteiger partial charge is 0.384 e. The zero-order valence-electron chi connectivity index (χ0n) is 8.92. The lowest BCUT2D eigenvalue weighted by molar-refractivity contribution is 0.187. The topological polar surface area (TPSA) is 21.3 Å². The second-order valence-electron chi connectivity index (χ2n) is 4.02. The summed E-state index contributed by atoms with van der Waals surface area (Å²) in [7, 11) is 0. The van der Waals surface area contributed by atoms with E-state index in [2.05, 4.69) is 53.0 Å². The monoisotopic (exact) mass is 317 g/mol. The Balaban J connectivity index is 1.95. The maximum Gasteiger partial charge on any atom is 0.0511 e. The van der Waals surface area contributed by atoms with E-state index in [0.717, 1.165) is 19.8 Å². The molecule has 0 bridgehead atoms. The van der Waals surface area contributed by atoms with E-state index in [1.54, 1.807) is 0 Å². The number of hydrogen-bond donors (Lipinski definition) is 1. The van der Waals surface area contributed by atoms with Gasteiger partial charge in [-0.2, -0.15) is 0 Å². The van der Waals surface area contributed by atoms with E-state index in [1.807, 2.05) is 0 Å². The van der Waals surface area contributed by atoms with Crippen molar-refractivity contribution in [3.63, 3.8) is 0 Å². The van der Waals surface area contributed by atoms with E-state index < -0.39 is 0 Å². The molecule has 1 aliphatic rings. The molecule has 1 fully saturated rings. The van der Waals surface area contributed by atoms with Crippen molar-refractivity contribution in [1.82, 2.24) is 0 Å². The maximum absolute atomic E-state index is 5.36. The van der Waals surface area contributed by atoms with Crippen LogP contribution in [0, 0.1) is 16.4 Å². The summed E-state index contributed by atoms with van der Waals surface area (Å²) in [6.45, 7) is 5.03. The minimum atomic E-state index is 0.683. The molecule has 3 heteroatoms. The van der Waals surface area contributed by atoms with Crippen LogP contribution in [0.15, 0.2) is 18.2 Å². The second kappa shape index (κ2) is 5.16. The zero-order chi connectivity index (χ0) is 10.7. The lowest BCUT2D eigenvalue weighted by atomic mass is 10.1. The van der Waals surface area contributed by atoms with Gasteiger partial charge in [-0.15, -0.1) is 0 Å². The molecule has 2 nitrogen and oxygen atoms in total. The number of nitrogens with one attached hydrogen (secondary N) is 1. The number of ether oxygens (including phenoxy) is 1. The molecule has 1 aromatic rings. The molecule has 0 amide bonds. The van der Waals surface area contributed by atoms with Crippen LogP contribution < -0.4 is 5.32 Å². The number of hydrogen-bond acceptors (Lipinski definition) is 2. The summed E-state index contributed by atoms with van der Waals surface area (Å²) in [4.78, 5) is 0. The third kappa shape index (κ3) is 2.84. The van der Waals surface area contributed by atoms with Crippen LogP contribution in [-0.4, -0.2) is 19.8 Å². The quantitative estimate of drug-likeness (QED) is 0.865. The van der Waals surface area contributed by atoms with E-state index in [-0.39, 0.29) is 0 Å². The first-order valence-corrected chi connectivity index (χ1v) is 6.42. The first kappa shape index (κ1) is 11.2. The van der Waals surface area contributed by atoms with Gasteiger partial charge in [0, 0.05) is 28.3 Å². The van der Waals surface area contributed by atoms with Crippen LogP contribution in [0.3, 0.4) is 0 Å². The number of rotatable bonds is 3. The molecule has 1 saturated heterocycles. The highest BCUT2D eigenvalue weighted by atomic mass is 127. The van der Waals surface area contributed by atoms with Crippen molar-refractivity contribution < 1.29 is 4.74 Å². The van der Waals surface area contributed by atoms with Crippen molar-refractivity contribution in [3.8, 4) is 0 Å².